The lowest BCUT2D eigenvalue weighted by Gasteiger charge is -2.30. The van der Waals surface area contributed by atoms with Gasteiger partial charge in [-0.15, -0.1) is 0 Å². The smallest absolute Gasteiger partial charge is 0.250 e. The molecule has 2 aromatic rings. The summed E-state index contributed by atoms with van der Waals surface area (Å²) in [6.07, 6.45) is -0.677. The van der Waals surface area contributed by atoms with Gasteiger partial charge in [-0.25, -0.2) is 4.39 Å². The third-order valence-corrected chi connectivity index (χ3v) is 7.29. The van der Waals surface area contributed by atoms with Crippen LogP contribution in [-0.2, 0) is 26.3 Å². The predicted octanol–water partition coefficient (Wildman–Crippen LogP) is 1.19. The molecule has 2 fully saturated rings. The summed E-state index contributed by atoms with van der Waals surface area (Å²) in [6.45, 7) is 1.58. The second-order valence-electron chi connectivity index (χ2n) is 9.13. The van der Waals surface area contributed by atoms with Crippen LogP contribution in [0.5, 0.6) is 11.5 Å². The first kappa shape index (κ1) is 23.3. The molecule has 184 valence electrons. The van der Waals surface area contributed by atoms with Crippen LogP contribution in [0, 0.1) is 17.7 Å². The van der Waals surface area contributed by atoms with E-state index in [1.54, 1.807) is 12.1 Å². The number of halogens is 1. The molecule has 1 spiro atoms. The molecule has 5 atom stereocenters. The minimum Gasteiger partial charge on any atom is -0.493 e. The van der Waals surface area contributed by atoms with E-state index in [1.807, 2.05) is 6.07 Å². The van der Waals surface area contributed by atoms with Gasteiger partial charge in [0, 0.05) is 23.8 Å². The minimum absolute atomic E-state index is 0.0837. The van der Waals surface area contributed by atoms with E-state index in [4.69, 9.17) is 9.47 Å². The number of hydrogen-bond acceptors (Lipinski definition) is 7. The second-order valence-corrected chi connectivity index (χ2v) is 9.13. The van der Waals surface area contributed by atoms with Gasteiger partial charge >= 0.3 is 0 Å². The van der Waals surface area contributed by atoms with Gasteiger partial charge in [-0.1, -0.05) is 6.07 Å². The molecule has 3 heterocycles. The molecule has 0 unspecified atom stereocenters. The summed E-state index contributed by atoms with van der Waals surface area (Å²) in [4.78, 5) is 41.6. The maximum atomic E-state index is 14.2. The predicted molar refractivity (Wildman–Crippen MR) is 122 cm³/mol. The fraction of sp³-hybridized carbons (Fsp3) is 0.400. The lowest BCUT2D eigenvalue weighted by molar-refractivity contribution is -0.143. The van der Waals surface area contributed by atoms with Crippen molar-refractivity contribution >= 4 is 23.4 Å². The normalized spacial score (nSPS) is 27.7. The maximum Gasteiger partial charge on any atom is 0.250 e. The quantitative estimate of drug-likeness (QED) is 0.529. The molecule has 3 aliphatic rings. The highest BCUT2D eigenvalue weighted by molar-refractivity contribution is 6.15. The van der Waals surface area contributed by atoms with Gasteiger partial charge in [0.15, 0.2) is 11.5 Å². The van der Waals surface area contributed by atoms with Crippen LogP contribution in [0.3, 0.4) is 0 Å². The SMILES string of the molecule is COc1ccc(CCN2C(=O)[C@@H]3[C@@H]([C@@H](C)O)N[C@]4(C(=O)Nc5ccc(F)cc54)[C@@H]3C2=O)cc1OC. The van der Waals surface area contributed by atoms with Crippen molar-refractivity contribution in [2.45, 2.75) is 31.0 Å². The first-order valence-electron chi connectivity index (χ1n) is 11.4. The summed E-state index contributed by atoms with van der Waals surface area (Å²) in [7, 11) is 3.05. The Bertz CT molecular complexity index is 1230. The Morgan fingerprint density at radius 2 is 1.83 bits per heavy atom. The van der Waals surface area contributed by atoms with Crippen molar-refractivity contribution in [1.82, 2.24) is 10.2 Å². The number of imide groups is 1. The van der Waals surface area contributed by atoms with Crippen LogP contribution >= 0.6 is 0 Å². The zero-order valence-corrected chi connectivity index (χ0v) is 19.5. The molecule has 2 aromatic carbocycles. The van der Waals surface area contributed by atoms with Crippen LogP contribution in [-0.4, -0.2) is 60.6 Å². The number of fused-ring (bicyclic) bond motifs is 4. The number of rotatable bonds is 6. The van der Waals surface area contributed by atoms with Gasteiger partial charge in [-0.2, -0.15) is 0 Å². The Morgan fingerprint density at radius 3 is 2.51 bits per heavy atom. The molecule has 0 saturated carbocycles. The number of ether oxygens (including phenoxy) is 2. The van der Waals surface area contributed by atoms with Crippen molar-refractivity contribution in [3.63, 3.8) is 0 Å². The van der Waals surface area contributed by atoms with Crippen LogP contribution < -0.4 is 20.1 Å². The molecule has 0 bridgehead atoms. The molecular formula is C25H26FN3O6. The summed E-state index contributed by atoms with van der Waals surface area (Å²) < 4.78 is 24.8. The van der Waals surface area contributed by atoms with Crippen LogP contribution in [0.4, 0.5) is 10.1 Å². The van der Waals surface area contributed by atoms with Gasteiger partial charge in [0.05, 0.1) is 32.2 Å². The molecule has 35 heavy (non-hydrogen) atoms. The zero-order chi connectivity index (χ0) is 25.1. The van der Waals surface area contributed by atoms with E-state index in [0.717, 1.165) is 10.5 Å². The molecule has 10 heteroatoms. The van der Waals surface area contributed by atoms with E-state index in [0.29, 0.717) is 23.6 Å². The molecule has 3 N–H and O–H groups in total. The maximum absolute atomic E-state index is 14.2. The number of anilines is 1. The first-order valence-corrected chi connectivity index (χ1v) is 11.4. The number of benzene rings is 2. The molecule has 0 aliphatic carbocycles. The van der Waals surface area contributed by atoms with Crippen LogP contribution in [0.2, 0.25) is 0 Å². The van der Waals surface area contributed by atoms with Crippen LogP contribution in [0.15, 0.2) is 36.4 Å². The standard InChI is InChI=1S/C25H26FN3O6/c1-12(30)21-19-20(25(28-21)15-11-14(26)5-6-16(15)27-24(25)33)23(32)29(22(19)31)9-8-13-4-7-17(34-2)18(10-13)35-3/h4-7,10-12,19-21,28,30H,8-9H2,1-3H3,(H,27,33)/t12-,19+,20+,21-,25+/m1/s1. The van der Waals surface area contributed by atoms with E-state index >= 15 is 0 Å². The molecule has 9 nitrogen and oxygen atoms in total. The number of nitrogens with one attached hydrogen (secondary N) is 2. The van der Waals surface area contributed by atoms with E-state index in [9.17, 15) is 23.9 Å². The van der Waals surface area contributed by atoms with Crippen molar-refractivity contribution in [2.75, 3.05) is 26.1 Å². The molecule has 3 amide bonds. The highest BCUT2D eigenvalue weighted by atomic mass is 19.1. The van der Waals surface area contributed by atoms with E-state index < -0.39 is 53.1 Å². The summed E-state index contributed by atoms with van der Waals surface area (Å²) in [5, 5.41) is 16.2. The van der Waals surface area contributed by atoms with Crippen LogP contribution in [0.1, 0.15) is 18.1 Å². The Labute approximate surface area is 201 Å². The Morgan fingerprint density at radius 1 is 1.09 bits per heavy atom. The number of aliphatic hydroxyl groups excluding tert-OH is 1. The van der Waals surface area contributed by atoms with Gasteiger partial charge in [0.2, 0.25) is 17.7 Å². The van der Waals surface area contributed by atoms with Crippen molar-refractivity contribution in [1.29, 1.82) is 0 Å². The number of aliphatic hydroxyl groups is 1. The molecule has 3 aliphatic heterocycles. The van der Waals surface area contributed by atoms with Gasteiger partial charge in [0.1, 0.15) is 11.4 Å². The molecule has 5 rings (SSSR count). The highest BCUT2D eigenvalue weighted by Crippen LogP contribution is 2.53. The summed E-state index contributed by atoms with van der Waals surface area (Å²) in [5.41, 5.74) is -0.179. The van der Waals surface area contributed by atoms with Gasteiger partial charge in [-0.3, -0.25) is 24.6 Å². The summed E-state index contributed by atoms with van der Waals surface area (Å²) >= 11 is 0. The average molecular weight is 483 g/mol. The second kappa shape index (κ2) is 8.31. The number of carbonyl (C=O) groups excluding carboxylic acids is 3. The van der Waals surface area contributed by atoms with Crippen molar-refractivity contribution < 1.29 is 33.4 Å². The number of methoxy groups -OCH3 is 2. The zero-order valence-electron chi connectivity index (χ0n) is 19.5. The van der Waals surface area contributed by atoms with E-state index in [-0.39, 0.29) is 12.1 Å². The Balaban J connectivity index is 1.49. The molecule has 0 radical (unpaired) electrons. The largest absolute Gasteiger partial charge is 0.493 e. The topological polar surface area (TPSA) is 117 Å². The number of likely N-dealkylation sites (tertiary alicyclic amines) is 1. The molecule has 2 saturated heterocycles. The van der Waals surface area contributed by atoms with Gasteiger partial charge in [0.25, 0.3) is 0 Å². The lowest BCUT2D eigenvalue weighted by atomic mass is 9.76. The van der Waals surface area contributed by atoms with Gasteiger partial charge < -0.3 is 19.9 Å². The minimum atomic E-state index is -1.64. The molecular weight excluding hydrogens is 457 g/mol. The third-order valence-electron chi connectivity index (χ3n) is 7.29. The molecule has 0 aromatic heterocycles. The van der Waals surface area contributed by atoms with Crippen molar-refractivity contribution in [2.24, 2.45) is 11.8 Å². The monoisotopic (exact) mass is 483 g/mol. The van der Waals surface area contributed by atoms with E-state index in [1.165, 1.54) is 39.3 Å². The average Bonchev–Trinajstić information content (AvgIpc) is 3.43. The lowest BCUT2D eigenvalue weighted by Crippen LogP contribution is -2.55. The third kappa shape index (κ3) is 3.31. The Hall–Kier alpha value is -3.50. The number of hydrogen-bond donors (Lipinski definition) is 3. The number of nitrogens with zero attached hydrogens (tertiary/aromatic N) is 1. The van der Waals surface area contributed by atoms with E-state index in [2.05, 4.69) is 10.6 Å². The number of amides is 3. The fourth-order valence-electron chi connectivity index (χ4n) is 5.68. The Kier molecular flexibility index (Phi) is 5.52. The van der Waals surface area contributed by atoms with Crippen molar-refractivity contribution in [3.8, 4) is 11.5 Å². The van der Waals surface area contributed by atoms with Crippen LogP contribution in [0.25, 0.3) is 0 Å². The first-order chi connectivity index (χ1) is 16.7. The fourth-order valence-corrected chi connectivity index (χ4v) is 5.68. The summed E-state index contributed by atoms with van der Waals surface area (Å²) in [5.74, 6) is -3.09. The van der Waals surface area contributed by atoms with Gasteiger partial charge in [-0.05, 0) is 49.2 Å². The van der Waals surface area contributed by atoms with Crippen molar-refractivity contribution in [3.05, 3.63) is 53.3 Å². The summed E-state index contributed by atoms with van der Waals surface area (Å²) in [6, 6.07) is 8.32. The highest BCUT2D eigenvalue weighted by Gasteiger charge is 2.71. The number of carbonyl (C=O) groups is 3.